The molecule has 1 aliphatic rings. The van der Waals surface area contributed by atoms with Gasteiger partial charge in [0.2, 0.25) is 0 Å². The van der Waals surface area contributed by atoms with Crippen molar-refractivity contribution in [3.63, 3.8) is 0 Å². The second-order valence-corrected chi connectivity index (χ2v) is 9.37. The van der Waals surface area contributed by atoms with Crippen LogP contribution in [-0.4, -0.2) is 46.7 Å². The summed E-state index contributed by atoms with van der Waals surface area (Å²) >= 11 is 0. The Kier molecular flexibility index (Phi) is 7.56. The van der Waals surface area contributed by atoms with Gasteiger partial charge in [-0.1, -0.05) is 12.1 Å². The number of hydrogen-bond acceptors (Lipinski definition) is 4. The van der Waals surface area contributed by atoms with E-state index in [4.69, 9.17) is 4.74 Å². The Labute approximate surface area is 213 Å². The Morgan fingerprint density at radius 2 is 1.73 bits per heavy atom. The van der Waals surface area contributed by atoms with Crippen molar-refractivity contribution in [2.75, 3.05) is 25.5 Å². The fraction of sp³-hybridized carbons (Fsp3) is 0.370. The summed E-state index contributed by atoms with van der Waals surface area (Å²) in [6.45, 7) is 4.82. The molecule has 37 heavy (non-hydrogen) atoms. The highest BCUT2D eigenvalue weighted by molar-refractivity contribution is 6.02. The summed E-state index contributed by atoms with van der Waals surface area (Å²) in [5, 5.41) is 7.12. The number of halogens is 3. The Morgan fingerprint density at radius 1 is 1.05 bits per heavy atom. The fourth-order valence-electron chi connectivity index (χ4n) is 4.38. The SMILES string of the molecule is COc1cc(C(=O)N2CCC(c3ccc(NC(=O)c4ccn(C(C)C)n4)cc3)CC2)cc(C(F)(F)F)c1. The minimum Gasteiger partial charge on any atom is -0.497 e. The lowest BCUT2D eigenvalue weighted by atomic mass is 9.89. The summed E-state index contributed by atoms with van der Waals surface area (Å²) in [5.41, 5.74) is 1.12. The maximum atomic E-state index is 13.2. The molecule has 1 aromatic heterocycles. The third kappa shape index (κ3) is 6.12. The Balaban J connectivity index is 1.36. The molecule has 1 saturated heterocycles. The number of hydrogen-bond donors (Lipinski definition) is 1. The van der Waals surface area contributed by atoms with Gasteiger partial charge in [-0.05, 0) is 74.6 Å². The molecule has 1 N–H and O–H groups in total. The first-order valence-electron chi connectivity index (χ1n) is 12.1. The number of methoxy groups -OCH3 is 1. The van der Waals surface area contributed by atoms with E-state index in [1.165, 1.54) is 13.2 Å². The summed E-state index contributed by atoms with van der Waals surface area (Å²) in [4.78, 5) is 27.0. The third-order valence-corrected chi connectivity index (χ3v) is 6.51. The highest BCUT2D eigenvalue weighted by Gasteiger charge is 2.33. The van der Waals surface area contributed by atoms with E-state index in [1.807, 2.05) is 38.1 Å². The predicted octanol–water partition coefficient (Wildman–Crippen LogP) is 5.76. The van der Waals surface area contributed by atoms with E-state index in [0.717, 1.165) is 17.7 Å². The van der Waals surface area contributed by atoms with Crippen molar-refractivity contribution in [1.82, 2.24) is 14.7 Å². The van der Waals surface area contributed by atoms with Gasteiger partial charge in [-0.25, -0.2) is 0 Å². The van der Waals surface area contributed by atoms with Gasteiger partial charge in [-0.3, -0.25) is 14.3 Å². The minimum absolute atomic E-state index is 0.00600. The summed E-state index contributed by atoms with van der Waals surface area (Å²) in [5.74, 6) is -0.536. The number of rotatable bonds is 6. The molecule has 1 aliphatic heterocycles. The quantitative estimate of drug-likeness (QED) is 0.454. The van der Waals surface area contributed by atoms with Crippen LogP contribution in [0.2, 0.25) is 0 Å². The number of nitrogens with one attached hydrogen (secondary N) is 1. The smallest absolute Gasteiger partial charge is 0.416 e. The van der Waals surface area contributed by atoms with Gasteiger partial charge in [-0.15, -0.1) is 0 Å². The van der Waals surface area contributed by atoms with Crippen molar-refractivity contribution < 1.29 is 27.5 Å². The van der Waals surface area contributed by atoms with Gasteiger partial charge < -0.3 is 15.0 Å². The topological polar surface area (TPSA) is 76.5 Å². The fourth-order valence-corrected chi connectivity index (χ4v) is 4.38. The van der Waals surface area contributed by atoms with Crippen molar-refractivity contribution in [2.45, 2.75) is 44.8 Å². The second-order valence-electron chi connectivity index (χ2n) is 9.37. The number of anilines is 1. The minimum atomic E-state index is -4.57. The molecular weight excluding hydrogens is 485 g/mol. The molecule has 7 nitrogen and oxygen atoms in total. The first-order valence-corrected chi connectivity index (χ1v) is 12.1. The van der Waals surface area contributed by atoms with E-state index in [1.54, 1.807) is 21.8 Å². The molecular formula is C27H29F3N4O3. The molecule has 0 unspecified atom stereocenters. The van der Waals surface area contributed by atoms with E-state index < -0.39 is 17.6 Å². The van der Waals surface area contributed by atoms with E-state index in [-0.39, 0.29) is 29.2 Å². The van der Waals surface area contributed by atoms with Gasteiger partial charge in [0, 0.05) is 36.6 Å². The van der Waals surface area contributed by atoms with Crippen molar-refractivity contribution in [1.29, 1.82) is 0 Å². The van der Waals surface area contributed by atoms with Crippen LogP contribution >= 0.6 is 0 Å². The molecule has 0 saturated carbocycles. The van der Waals surface area contributed by atoms with E-state index in [2.05, 4.69) is 10.4 Å². The lowest BCUT2D eigenvalue weighted by Crippen LogP contribution is -2.38. The van der Waals surface area contributed by atoms with Crippen molar-refractivity contribution in [2.24, 2.45) is 0 Å². The predicted molar refractivity (Wildman–Crippen MR) is 133 cm³/mol. The van der Waals surface area contributed by atoms with E-state index in [0.29, 0.717) is 37.3 Å². The zero-order valence-corrected chi connectivity index (χ0v) is 20.9. The number of carbonyl (C=O) groups excluding carboxylic acids is 2. The second kappa shape index (κ2) is 10.7. The van der Waals surface area contributed by atoms with Crippen LogP contribution < -0.4 is 10.1 Å². The molecule has 0 atom stereocenters. The molecule has 4 rings (SSSR count). The summed E-state index contributed by atoms with van der Waals surface area (Å²) in [7, 11) is 1.27. The Hall–Kier alpha value is -3.82. The molecule has 3 aromatic rings. The maximum absolute atomic E-state index is 13.2. The first-order chi connectivity index (χ1) is 17.5. The van der Waals surface area contributed by atoms with Crippen LogP contribution in [-0.2, 0) is 6.18 Å². The molecule has 2 aromatic carbocycles. The van der Waals surface area contributed by atoms with Crippen LogP contribution in [0.5, 0.6) is 5.75 Å². The summed E-state index contributed by atoms with van der Waals surface area (Å²) in [6.07, 6.45) is -1.44. The molecule has 0 radical (unpaired) electrons. The van der Waals surface area contributed by atoms with E-state index in [9.17, 15) is 22.8 Å². The molecule has 196 valence electrons. The number of aromatic nitrogens is 2. The zero-order chi connectivity index (χ0) is 26.7. The molecule has 0 bridgehead atoms. The van der Waals surface area contributed by atoms with Crippen LogP contribution in [0.1, 0.15) is 70.6 Å². The zero-order valence-electron chi connectivity index (χ0n) is 20.9. The number of benzene rings is 2. The first kappa shape index (κ1) is 26.2. The molecule has 0 aliphatic carbocycles. The van der Waals surface area contributed by atoms with Gasteiger partial charge in [-0.2, -0.15) is 18.3 Å². The monoisotopic (exact) mass is 514 g/mol. The van der Waals surface area contributed by atoms with Gasteiger partial charge in [0.15, 0.2) is 5.69 Å². The van der Waals surface area contributed by atoms with Crippen LogP contribution in [0, 0.1) is 0 Å². The lowest BCUT2D eigenvalue weighted by Gasteiger charge is -2.32. The Morgan fingerprint density at radius 3 is 2.30 bits per heavy atom. The highest BCUT2D eigenvalue weighted by atomic mass is 19.4. The average Bonchev–Trinajstić information content (AvgIpc) is 3.39. The van der Waals surface area contributed by atoms with Crippen molar-refractivity contribution >= 4 is 17.5 Å². The molecule has 2 heterocycles. The van der Waals surface area contributed by atoms with Crippen molar-refractivity contribution in [3.05, 3.63) is 77.1 Å². The molecule has 0 spiro atoms. The van der Waals surface area contributed by atoms with Gasteiger partial charge >= 0.3 is 6.18 Å². The van der Waals surface area contributed by atoms with Gasteiger partial charge in [0.25, 0.3) is 11.8 Å². The number of amides is 2. The van der Waals surface area contributed by atoms with Crippen LogP contribution in [0.25, 0.3) is 0 Å². The molecule has 10 heteroatoms. The number of piperidine rings is 1. The standard InChI is InChI=1S/C27H29F3N4O3/c1-17(2)34-13-10-24(32-34)25(35)31-22-6-4-18(5-7-22)19-8-11-33(12-9-19)26(36)20-14-21(27(28,29)30)16-23(15-20)37-3/h4-7,10,13-17,19H,8-9,11-12H2,1-3H3,(H,31,35). The van der Waals surface area contributed by atoms with Crippen LogP contribution in [0.15, 0.2) is 54.7 Å². The number of carbonyl (C=O) groups is 2. The largest absolute Gasteiger partial charge is 0.497 e. The van der Waals surface area contributed by atoms with Crippen molar-refractivity contribution in [3.8, 4) is 5.75 Å². The molecule has 2 amide bonds. The van der Waals surface area contributed by atoms with Crippen LogP contribution in [0.4, 0.5) is 18.9 Å². The Bertz CT molecular complexity index is 1260. The maximum Gasteiger partial charge on any atom is 0.416 e. The number of alkyl halides is 3. The number of nitrogens with zero attached hydrogens (tertiary/aromatic N) is 3. The lowest BCUT2D eigenvalue weighted by molar-refractivity contribution is -0.137. The van der Waals surface area contributed by atoms with Crippen LogP contribution in [0.3, 0.4) is 0 Å². The van der Waals surface area contributed by atoms with E-state index >= 15 is 0 Å². The summed E-state index contributed by atoms with van der Waals surface area (Å²) < 4.78 is 46.4. The van der Waals surface area contributed by atoms with Gasteiger partial charge in [0.1, 0.15) is 5.75 Å². The normalized spacial score (nSPS) is 14.6. The third-order valence-electron chi connectivity index (χ3n) is 6.51. The van der Waals surface area contributed by atoms with Gasteiger partial charge in [0.05, 0.1) is 12.7 Å². The summed E-state index contributed by atoms with van der Waals surface area (Å²) in [6, 6.07) is 12.5. The number of ether oxygens (including phenoxy) is 1. The highest BCUT2D eigenvalue weighted by Crippen LogP contribution is 2.34. The number of likely N-dealkylation sites (tertiary alicyclic amines) is 1. The average molecular weight is 515 g/mol. The molecule has 1 fully saturated rings.